The standard InChI is InChI=1S/C19H18N4S/c1-13-18(24-14(2)21-13)11-20-16-8-6-15(7-9-16)17-12-23-10-4-3-5-19(23)22-17/h3-10,12,20H,11H2,1-2H3. The summed E-state index contributed by atoms with van der Waals surface area (Å²) in [4.78, 5) is 10.4. The van der Waals surface area contributed by atoms with Crippen LogP contribution in [0, 0.1) is 13.8 Å². The molecule has 0 saturated carbocycles. The molecule has 0 saturated heterocycles. The number of thiazole rings is 1. The second-order valence-electron chi connectivity index (χ2n) is 5.76. The Morgan fingerprint density at radius 1 is 1.04 bits per heavy atom. The van der Waals surface area contributed by atoms with Crippen LogP contribution in [0.15, 0.2) is 54.9 Å². The molecule has 5 heteroatoms. The molecule has 3 aromatic heterocycles. The Hall–Kier alpha value is -2.66. The van der Waals surface area contributed by atoms with Crippen LogP contribution in [0.4, 0.5) is 5.69 Å². The molecule has 24 heavy (non-hydrogen) atoms. The van der Waals surface area contributed by atoms with Crippen LogP contribution in [0.25, 0.3) is 16.9 Å². The minimum absolute atomic E-state index is 0.811. The monoisotopic (exact) mass is 334 g/mol. The second kappa shape index (κ2) is 6.09. The second-order valence-corrected chi connectivity index (χ2v) is 7.05. The molecular weight excluding hydrogens is 316 g/mol. The SMILES string of the molecule is Cc1nc(C)c(CNc2ccc(-c3cn4ccccc4n3)cc2)s1. The van der Waals surface area contributed by atoms with E-state index >= 15 is 0 Å². The number of hydrogen-bond donors (Lipinski definition) is 1. The van der Waals surface area contributed by atoms with Gasteiger partial charge in [0.1, 0.15) is 5.65 Å². The molecular formula is C19H18N4S. The van der Waals surface area contributed by atoms with Gasteiger partial charge in [-0.2, -0.15) is 0 Å². The van der Waals surface area contributed by atoms with Crippen molar-refractivity contribution >= 4 is 22.7 Å². The van der Waals surface area contributed by atoms with E-state index < -0.39 is 0 Å². The minimum atomic E-state index is 0.811. The highest BCUT2D eigenvalue weighted by atomic mass is 32.1. The zero-order valence-corrected chi connectivity index (χ0v) is 14.5. The highest BCUT2D eigenvalue weighted by Crippen LogP contribution is 2.23. The fourth-order valence-electron chi connectivity index (χ4n) is 2.75. The smallest absolute Gasteiger partial charge is 0.137 e. The number of imidazole rings is 1. The van der Waals surface area contributed by atoms with E-state index in [0.29, 0.717) is 0 Å². The van der Waals surface area contributed by atoms with E-state index in [-0.39, 0.29) is 0 Å². The zero-order valence-electron chi connectivity index (χ0n) is 13.7. The molecule has 0 radical (unpaired) electrons. The molecule has 4 aromatic rings. The molecule has 1 N–H and O–H groups in total. The van der Waals surface area contributed by atoms with E-state index in [2.05, 4.69) is 52.7 Å². The number of aromatic nitrogens is 3. The van der Waals surface area contributed by atoms with Gasteiger partial charge in [-0.25, -0.2) is 9.97 Å². The van der Waals surface area contributed by atoms with E-state index in [4.69, 9.17) is 0 Å². The van der Waals surface area contributed by atoms with Gasteiger partial charge in [0, 0.05) is 28.5 Å². The van der Waals surface area contributed by atoms with Gasteiger partial charge in [0.25, 0.3) is 0 Å². The summed E-state index contributed by atoms with van der Waals surface area (Å²) in [6.45, 7) is 4.92. The number of benzene rings is 1. The summed E-state index contributed by atoms with van der Waals surface area (Å²) in [6.07, 6.45) is 4.07. The summed E-state index contributed by atoms with van der Waals surface area (Å²) < 4.78 is 2.04. The number of aryl methyl sites for hydroxylation is 2. The van der Waals surface area contributed by atoms with Crippen LogP contribution in [0.1, 0.15) is 15.6 Å². The van der Waals surface area contributed by atoms with Crippen molar-refractivity contribution in [2.45, 2.75) is 20.4 Å². The van der Waals surface area contributed by atoms with Crippen molar-refractivity contribution < 1.29 is 0 Å². The lowest BCUT2D eigenvalue weighted by Crippen LogP contribution is -1.98. The Balaban J connectivity index is 1.51. The molecule has 0 bridgehead atoms. The number of rotatable bonds is 4. The van der Waals surface area contributed by atoms with Crippen LogP contribution >= 0.6 is 11.3 Å². The van der Waals surface area contributed by atoms with E-state index in [1.54, 1.807) is 11.3 Å². The van der Waals surface area contributed by atoms with Gasteiger partial charge in [-0.15, -0.1) is 11.3 Å². The first-order valence-electron chi connectivity index (χ1n) is 7.90. The molecule has 120 valence electrons. The number of pyridine rings is 1. The Bertz CT molecular complexity index is 949. The van der Waals surface area contributed by atoms with Crippen molar-refractivity contribution in [3.05, 3.63) is 70.4 Å². The van der Waals surface area contributed by atoms with Gasteiger partial charge >= 0.3 is 0 Å². The van der Waals surface area contributed by atoms with Crippen LogP contribution in [0.3, 0.4) is 0 Å². The number of fused-ring (bicyclic) bond motifs is 1. The first-order chi connectivity index (χ1) is 11.7. The number of nitrogens with zero attached hydrogens (tertiary/aromatic N) is 3. The van der Waals surface area contributed by atoms with Gasteiger partial charge in [0.15, 0.2) is 0 Å². The van der Waals surface area contributed by atoms with Gasteiger partial charge in [-0.3, -0.25) is 0 Å². The lowest BCUT2D eigenvalue weighted by molar-refractivity contribution is 1.11. The summed E-state index contributed by atoms with van der Waals surface area (Å²) in [5.74, 6) is 0. The number of hydrogen-bond acceptors (Lipinski definition) is 4. The van der Waals surface area contributed by atoms with E-state index in [1.165, 1.54) is 4.88 Å². The number of anilines is 1. The van der Waals surface area contributed by atoms with Crippen LogP contribution in [0.5, 0.6) is 0 Å². The van der Waals surface area contributed by atoms with Crippen LogP contribution < -0.4 is 5.32 Å². The molecule has 0 amide bonds. The Morgan fingerprint density at radius 3 is 2.58 bits per heavy atom. The highest BCUT2D eigenvalue weighted by Gasteiger charge is 2.06. The van der Waals surface area contributed by atoms with Crippen molar-refractivity contribution in [2.24, 2.45) is 0 Å². The molecule has 4 nitrogen and oxygen atoms in total. The van der Waals surface area contributed by atoms with Crippen LogP contribution in [0.2, 0.25) is 0 Å². The first-order valence-corrected chi connectivity index (χ1v) is 8.72. The molecule has 4 rings (SSSR count). The Labute approximate surface area is 144 Å². The third-order valence-corrected chi connectivity index (χ3v) is 5.07. The van der Waals surface area contributed by atoms with Crippen molar-refractivity contribution in [2.75, 3.05) is 5.32 Å². The predicted molar refractivity (Wildman–Crippen MR) is 99.5 cm³/mol. The predicted octanol–water partition coefficient (Wildman–Crippen LogP) is 4.69. The largest absolute Gasteiger partial charge is 0.380 e. The van der Waals surface area contributed by atoms with Crippen molar-refractivity contribution in [1.82, 2.24) is 14.4 Å². The summed E-state index contributed by atoms with van der Waals surface area (Å²) in [5.41, 5.74) is 5.29. The maximum absolute atomic E-state index is 4.66. The van der Waals surface area contributed by atoms with Gasteiger partial charge in [0.2, 0.25) is 0 Å². The van der Waals surface area contributed by atoms with Crippen molar-refractivity contribution in [1.29, 1.82) is 0 Å². The van der Waals surface area contributed by atoms with Gasteiger partial charge in [-0.1, -0.05) is 18.2 Å². The summed E-state index contributed by atoms with van der Waals surface area (Å²) >= 11 is 1.75. The molecule has 3 heterocycles. The molecule has 0 spiro atoms. The topological polar surface area (TPSA) is 42.2 Å². The first kappa shape index (κ1) is 14.9. The maximum atomic E-state index is 4.66. The van der Waals surface area contributed by atoms with E-state index in [9.17, 15) is 0 Å². The Kier molecular flexibility index (Phi) is 3.78. The molecule has 0 atom stereocenters. The molecule has 0 unspecified atom stereocenters. The fraction of sp³-hybridized carbons (Fsp3) is 0.158. The van der Waals surface area contributed by atoms with Gasteiger partial charge in [0.05, 0.1) is 22.9 Å². The quantitative estimate of drug-likeness (QED) is 0.589. The lowest BCUT2D eigenvalue weighted by atomic mass is 10.1. The number of nitrogens with one attached hydrogen (secondary N) is 1. The van der Waals surface area contributed by atoms with E-state index in [1.807, 2.05) is 35.7 Å². The average Bonchev–Trinajstić information content (AvgIpc) is 3.16. The lowest BCUT2D eigenvalue weighted by Gasteiger charge is -2.06. The zero-order chi connectivity index (χ0) is 16.5. The minimum Gasteiger partial charge on any atom is -0.380 e. The van der Waals surface area contributed by atoms with Gasteiger partial charge < -0.3 is 9.72 Å². The Morgan fingerprint density at radius 2 is 1.88 bits per heavy atom. The summed E-state index contributed by atoms with van der Waals surface area (Å²) in [6, 6.07) is 14.4. The third-order valence-electron chi connectivity index (χ3n) is 4.00. The van der Waals surface area contributed by atoms with Crippen molar-refractivity contribution in [3.8, 4) is 11.3 Å². The molecule has 0 aliphatic rings. The third kappa shape index (κ3) is 2.90. The average molecular weight is 334 g/mol. The summed E-state index contributed by atoms with van der Waals surface area (Å²) in [5, 5.41) is 4.58. The van der Waals surface area contributed by atoms with Gasteiger partial charge in [-0.05, 0) is 38.1 Å². The van der Waals surface area contributed by atoms with Crippen molar-refractivity contribution in [3.63, 3.8) is 0 Å². The molecule has 1 aromatic carbocycles. The summed E-state index contributed by atoms with van der Waals surface area (Å²) in [7, 11) is 0. The highest BCUT2D eigenvalue weighted by molar-refractivity contribution is 7.11. The molecule has 0 fully saturated rings. The fourth-order valence-corrected chi connectivity index (χ4v) is 3.63. The van der Waals surface area contributed by atoms with E-state index in [0.717, 1.165) is 39.8 Å². The molecule has 0 aliphatic carbocycles. The maximum Gasteiger partial charge on any atom is 0.137 e. The van der Waals surface area contributed by atoms with Crippen LogP contribution in [-0.2, 0) is 6.54 Å². The normalized spacial score (nSPS) is 11.1. The molecule has 0 aliphatic heterocycles. The van der Waals surface area contributed by atoms with Crippen LogP contribution in [-0.4, -0.2) is 14.4 Å².